The maximum absolute atomic E-state index is 5.58. The topological polar surface area (TPSA) is 52.1 Å². The first-order valence-electron chi connectivity index (χ1n) is 9.55. The van der Waals surface area contributed by atoms with E-state index < -0.39 is 0 Å². The molecule has 0 saturated carbocycles. The summed E-state index contributed by atoms with van der Waals surface area (Å²) in [7, 11) is 4.03. The van der Waals surface area contributed by atoms with Gasteiger partial charge in [-0.15, -0.1) is 0 Å². The first-order valence-corrected chi connectivity index (χ1v) is 9.55. The normalized spacial score (nSPS) is 17.5. The van der Waals surface area contributed by atoms with Crippen molar-refractivity contribution in [3.8, 4) is 0 Å². The lowest BCUT2D eigenvalue weighted by atomic mass is 10.2. The molecular formula is C18H39N5O. The van der Waals surface area contributed by atoms with E-state index in [1.54, 1.807) is 0 Å². The summed E-state index contributed by atoms with van der Waals surface area (Å²) in [6, 6.07) is 0. The second kappa shape index (κ2) is 13.4. The molecule has 1 fully saturated rings. The highest BCUT2D eigenvalue weighted by Crippen LogP contribution is 2.01. The fraction of sp³-hybridized carbons (Fsp3) is 0.944. The van der Waals surface area contributed by atoms with Gasteiger partial charge >= 0.3 is 0 Å². The maximum atomic E-state index is 5.58. The number of rotatable bonds is 11. The number of likely N-dealkylation sites (N-methyl/N-ethyl adjacent to an activating group) is 1. The fourth-order valence-electron chi connectivity index (χ4n) is 2.66. The van der Waals surface area contributed by atoms with Gasteiger partial charge in [-0.3, -0.25) is 4.99 Å². The largest absolute Gasteiger partial charge is 0.381 e. The molecule has 24 heavy (non-hydrogen) atoms. The molecular weight excluding hydrogens is 302 g/mol. The number of unbranched alkanes of at least 4 members (excludes halogenated alkanes) is 1. The summed E-state index contributed by atoms with van der Waals surface area (Å²) in [4.78, 5) is 9.25. The molecule has 0 aromatic heterocycles. The van der Waals surface area contributed by atoms with Crippen LogP contribution in [0.25, 0.3) is 0 Å². The quantitative estimate of drug-likeness (QED) is 0.336. The van der Waals surface area contributed by atoms with Crippen LogP contribution >= 0.6 is 0 Å². The molecule has 1 aliphatic rings. The number of aliphatic imine (C=N–C) groups is 1. The molecule has 1 saturated heterocycles. The number of hydrogen-bond acceptors (Lipinski definition) is 4. The van der Waals surface area contributed by atoms with E-state index in [4.69, 9.17) is 4.74 Å². The minimum atomic E-state index is 0.609. The van der Waals surface area contributed by atoms with E-state index in [0.717, 1.165) is 38.7 Å². The van der Waals surface area contributed by atoms with E-state index in [9.17, 15) is 0 Å². The average Bonchev–Trinajstić information content (AvgIpc) is 2.57. The summed E-state index contributed by atoms with van der Waals surface area (Å²) in [5.41, 5.74) is 0. The van der Waals surface area contributed by atoms with Gasteiger partial charge in [-0.1, -0.05) is 13.8 Å². The summed E-state index contributed by atoms with van der Waals surface area (Å²) in [5.74, 6) is 1.51. The van der Waals surface area contributed by atoms with Crippen LogP contribution in [-0.4, -0.2) is 88.9 Å². The molecule has 0 aliphatic carbocycles. The summed E-state index contributed by atoms with van der Waals surface area (Å²) in [6.45, 7) is 13.9. The van der Waals surface area contributed by atoms with Crippen molar-refractivity contribution in [2.45, 2.75) is 33.1 Å². The van der Waals surface area contributed by atoms with Crippen LogP contribution in [0.1, 0.15) is 33.1 Å². The number of nitrogens with zero attached hydrogens (tertiary/aromatic N) is 3. The second-order valence-electron chi connectivity index (χ2n) is 7.10. The van der Waals surface area contributed by atoms with E-state index in [-0.39, 0.29) is 0 Å². The van der Waals surface area contributed by atoms with Crippen molar-refractivity contribution >= 4 is 5.96 Å². The summed E-state index contributed by atoms with van der Waals surface area (Å²) < 4.78 is 5.58. The second-order valence-corrected chi connectivity index (χ2v) is 7.10. The van der Waals surface area contributed by atoms with Crippen LogP contribution in [0.3, 0.4) is 0 Å². The van der Waals surface area contributed by atoms with E-state index in [2.05, 4.69) is 46.3 Å². The number of piperazine rings is 1. The summed E-state index contributed by atoms with van der Waals surface area (Å²) in [6.07, 6.45) is 3.44. The Morgan fingerprint density at radius 3 is 2.33 bits per heavy atom. The van der Waals surface area contributed by atoms with Gasteiger partial charge in [-0.25, -0.2) is 0 Å². The van der Waals surface area contributed by atoms with Gasteiger partial charge in [0.15, 0.2) is 5.96 Å². The number of guanidine groups is 1. The molecule has 0 radical (unpaired) electrons. The average molecular weight is 342 g/mol. The van der Waals surface area contributed by atoms with Crippen molar-refractivity contribution in [3.05, 3.63) is 0 Å². The zero-order valence-corrected chi connectivity index (χ0v) is 16.3. The third-order valence-electron chi connectivity index (χ3n) is 4.22. The SMILES string of the molecule is CN=C(NCCCCN1CCN(C)CC1)NCCCOCC(C)C. The Balaban J connectivity index is 1.94. The van der Waals surface area contributed by atoms with Crippen LogP contribution in [0.15, 0.2) is 4.99 Å². The Bertz CT molecular complexity index is 327. The standard InChI is InChI=1S/C18H39N5O/c1-17(2)16-24-15-7-9-21-18(19-3)20-8-5-6-10-23-13-11-22(4)12-14-23/h17H,5-16H2,1-4H3,(H2,19,20,21). The predicted molar refractivity (Wildman–Crippen MR) is 103 cm³/mol. The van der Waals surface area contributed by atoms with Crippen molar-refractivity contribution in [1.29, 1.82) is 0 Å². The number of ether oxygens (including phenoxy) is 1. The van der Waals surface area contributed by atoms with Crippen molar-refractivity contribution in [3.63, 3.8) is 0 Å². The van der Waals surface area contributed by atoms with Gasteiger partial charge in [0.25, 0.3) is 0 Å². The Morgan fingerprint density at radius 2 is 1.71 bits per heavy atom. The van der Waals surface area contributed by atoms with Gasteiger partial charge in [-0.2, -0.15) is 0 Å². The van der Waals surface area contributed by atoms with Gasteiger partial charge in [-0.05, 0) is 38.8 Å². The molecule has 0 spiro atoms. The monoisotopic (exact) mass is 341 g/mol. The van der Waals surface area contributed by atoms with Crippen molar-refractivity contribution in [2.24, 2.45) is 10.9 Å². The van der Waals surface area contributed by atoms with Gasteiger partial charge in [0.1, 0.15) is 0 Å². The van der Waals surface area contributed by atoms with Crippen molar-refractivity contribution < 1.29 is 4.74 Å². The van der Waals surface area contributed by atoms with Crippen LogP contribution in [0, 0.1) is 5.92 Å². The highest BCUT2D eigenvalue weighted by molar-refractivity contribution is 5.79. The Kier molecular flexibility index (Phi) is 11.9. The van der Waals surface area contributed by atoms with Crippen LogP contribution in [0.2, 0.25) is 0 Å². The number of hydrogen-bond donors (Lipinski definition) is 2. The molecule has 0 amide bonds. The summed E-state index contributed by atoms with van der Waals surface area (Å²) in [5, 5.41) is 6.74. The van der Waals surface area contributed by atoms with Gasteiger partial charge in [0, 0.05) is 59.5 Å². The van der Waals surface area contributed by atoms with Gasteiger partial charge < -0.3 is 25.2 Å². The lowest BCUT2D eigenvalue weighted by Gasteiger charge is -2.32. The molecule has 0 aromatic carbocycles. The predicted octanol–water partition coefficient (Wildman–Crippen LogP) is 1.24. The molecule has 6 nitrogen and oxygen atoms in total. The lowest BCUT2D eigenvalue weighted by Crippen LogP contribution is -2.44. The molecule has 142 valence electrons. The highest BCUT2D eigenvalue weighted by Gasteiger charge is 2.12. The van der Waals surface area contributed by atoms with Gasteiger partial charge in [0.05, 0.1) is 0 Å². The first-order chi connectivity index (χ1) is 11.6. The molecule has 1 rings (SSSR count). The lowest BCUT2D eigenvalue weighted by molar-refractivity contribution is 0.108. The number of nitrogens with one attached hydrogen (secondary N) is 2. The zero-order valence-electron chi connectivity index (χ0n) is 16.3. The summed E-state index contributed by atoms with van der Waals surface area (Å²) >= 11 is 0. The highest BCUT2D eigenvalue weighted by atomic mass is 16.5. The van der Waals surface area contributed by atoms with E-state index >= 15 is 0 Å². The third-order valence-corrected chi connectivity index (χ3v) is 4.22. The van der Waals surface area contributed by atoms with E-state index in [1.165, 1.54) is 45.6 Å². The molecule has 1 heterocycles. The minimum absolute atomic E-state index is 0.609. The smallest absolute Gasteiger partial charge is 0.190 e. The molecule has 0 aromatic rings. The van der Waals surface area contributed by atoms with Crippen molar-refractivity contribution in [2.75, 3.05) is 73.1 Å². The molecule has 0 atom stereocenters. The Labute approximate surface area is 149 Å². The maximum Gasteiger partial charge on any atom is 0.190 e. The van der Waals surface area contributed by atoms with E-state index in [0.29, 0.717) is 5.92 Å². The van der Waals surface area contributed by atoms with Crippen LogP contribution in [0.5, 0.6) is 0 Å². The van der Waals surface area contributed by atoms with Crippen LogP contribution in [0.4, 0.5) is 0 Å². The molecule has 6 heteroatoms. The zero-order chi connectivity index (χ0) is 17.6. The minimum Gasteiger partial charge on any atom is -0.381 e. The third kappa shape index (κ3) is 10.8. The Morgan fingerprint density at radius 1 is 1.04 bits per heavy atom. The first kappa shape index (κ1) is 21.2. The van der Waals surface area contributed by atoms with Crippen LogP contribution < -0.4 is 10.6 Å². The molecule has 1 aliphatic heterocycles. The Hall–Kier alpha value is -0.850. The van der Waals surface area contributed by atoms with Crippen LogP contribution in [-0.2, 0) is 4.74 Å². The van der Waals surface area contributed by atoms with Gasteiger partial charge in [0.2, 0.25) is 0 Å². The fourth-order valence-corrected chi connectivity index (χ4v) is 2.66. The molecule has 2 N–H and O–H groups in total. The van der Waals surface area contributed by atoms with Crippen molar-refractivity contribution in [1.82, 2.24) is 20.4 Å². The van der Waals surface area contributed by atoms with E-state index in [1.807, 2.05) is 7.05 Å². The molecule has 0 unspecified atom stereocenters. The molecule has 0 bridgehead atoms.